The van der Waals surface area contributed by atoms with E-state index in [0.717, 1.165) is 72.8 Å². The lowest BCUT2D eigenvalue weighted by atomic mass is 9.90. The van der Waals surface area contributed by atoms with Gasteiger partial charge in [0.2, 0.25) is 5.91 Å². The van der Waals surface area contributed by atoms with Gasteiger partial charge in [0, 0.05) is 56.8 Å². The van der Waals surface area contributed by atoms with Crippen molar-refractivity contribution in [2.45, 2.75) is 25.9 Å². The molecule has 3 heterocycles. The van der Waals surface area contributed by atoms with Gasteiger partial charge in [0.15, 0.2) is 5.78 Å². The topological polar surface area (TPSA) is 43.9 Å². The van der Waals surface area contributed by atoms with E-state index in [9.17, 15) is 9.59 Å². The summed E-state index contributed by atoms with van der Waals surface area (Å²) in [6, 6.07) is 22.8. The van der Waals surface area contributed by atoms with E-state index in [-0.39, 0.29) is 11.7 Å². The van der Waals surface area contributed by atoms with Crippen LogP contribution in [-0.4, -0.2) is 54.2 Å². The minimum absolute atomic E-state index is 0.128. The molecule has 0 aliphatic carbocycles. The lowest BCUT2D eigenvalue weighted by Crippen LogP contribution is -2.46. The van der Waals surface area contributed by atoms with Crippen LogP contribution >= 0.6 is 0 Å². The maximum absolute atomic E-state index is 13.2. The number of rotatable bonds is 6. The highest BCUT2D eigenvalue weighted by Gasteiger charge is 2.35. The molecule has 1 fully saturated rings. The van der Waals surface area contributed by atoms with Crippen LogP contribution in [0.15, 0.2) is 66.7 Å². The number of carbonyl (C=O) groups excluding carboxylic acids is 2. The number of Topliss-reactive ketones (excluding diaryl/α,β-unsaturated/α-hetero) is 1. The number of amides is 1. The number of fused-ring (bicyclic) bond motifs is 2. The molecule has 3 aliphatic heterocycles. The van der Waals surface area contributed by atoms with Crippen LogP contribution in [0.2, 0.25) is 0 Å². The van der Waals surface area contributed by atoms with Crippen molar-refractivity contribution < 1.29 is 9.59 Å². The summed E-state index contributed by atoms with van der Waals surface area (Å²) in [7, 11) is 0. The summed E-state index contributed by atoms with van der Waals surface area (Å²) in [5.74, 6) is 0.295. The van der Waals surface area contributed by atoms with Crippen molar-refractivity contribution in [1.82, 2.24) is 9.80 Å². The molecule has 3 aromatic rings. The Morgan fingerprint density at radius 2 is 1.53 bits per heavy atom. The van der Waals surface area contributed by atoms with Gasteiger partial charge in [0.05, 0.1) is 18.7 Å². The van der Waals surface area contributed by atoms with Crippen LogP contribution in [0.5, 0.6) is 0 Å². The Morgan fingerprint density at radius 3 is 2.35 bits per heavy atom. The van der Waals surface area contributed by atoms with Gasteiger partial charge in [0.25, 0.3) is 0 Å². The maximum atomic E-state index is 13.2. The average molecular weight is 452 g/mol. The first-order valence-corrected chi connectivity index (χ1v) is 12.2. The molecule has 0 unspecified atom stereocenters. The highest BCUT2D eigenvalue weighted by atomic mass is 16.2. The quantitative estimate of drug-likeness (QED) is 0.528. The Labute approximate surface area is 200 Å². The number of hydrogen-bond donors (Lipinski definition) is 0. The predicted molar refractivity (Wildman–Crippen MR) is 134 cm³/mol. The third kappa shape index (κ3) is 3.95. The summed E-state index contributed by atoms with van der Waals surface area (Å²) in [5, 5.41) is 0. The van der Waals surface area contributed by atoms with E-state index in [4.69, 9.17) is 0 Å². The number of anilines is 1. The van der Waals surface area contributed by atoms with E-state index in [1.807, 2.05) is 29.2 Å². The molecule has 5 heteroatoms. The number of carbonyl (C=O) groups is 2. The van der Waals surface area contributed by atoms with Crippen molar-refractivity contribution >= 4 is 17.4 Å². The van der Waals surface area contributed by atoms with Crippen molar-refractivity contribution in [3.8, 4) is 11.1 Å². The van der Waals surface area contributed by atoms with E-state index < -0.39 is 0 Å². The lowest BCUT2D eigenvalue weighted by Gasteiger charge is -2.34. The summed E-state index contributed by atoms with van der Waals surface area (Å²) < 4.78 is 0. The Morgan fingerprint density at radius 1 is 0.794 bits per heavy atom. The van der Waals surface area contributed by atoms with E-state index in [1.165, 1.54) is 5.56 Å². The number of nitrogens with zero attached hydrogens (tertiary/aromatic N) is 3. The zero-order chi connectivity index (χ0) is 23.1. The molecule has 0 radical (unpaired) electrons. The third-order valence-corrected chi connectivity index (χ3v) is 7.43. The zero-order valence-corrected chi connectivity index (χ0v) is 19.4. The second-order valence-corrected chi connectivity index (χ2v) is 9.62. The summed E-state index contributed by atoms with van der Waals surface area (Å²) in [6.07, 6.45) is 0.900. The van der Waals surface area contributed by atoms with Gasteiger partial charge in [-0.1, -0.05) is 54.6 Å². The van der Waals surface area contributed by atoms with Crippen molar-refractivity contribution in [3.05, 3.63) is 89.0 Å². The third-order valence-electron chi connectivity index (χ3n) is 7.43. The first-order chi connectivity index (χ1) is 16.7. The first kappa shape index (κ1) is 21.3. The Kier molecular flexibility index (Phi) is 5.52. The van der Waals surface area contributed by atoms with Crippen LogP contribution in [0.1, 0.15) is 33.5 Å². The normalized spacial score (nSPS) is 17.5. The molecule has 3 aromatic carbocycles. The maximum Gasteiger partial charge on any atom is 0.231 e. The molecule has 5 nitrogen and oxygen atoms in total. The van der Waals surface area contributed by atoms with Gasteiger partial charge in [-0.3, -0.25) is 14.5 Å². The number of benzene rings is 3. The molecule has 172 valence electrons. The second-order valence-electron chi connectivity index (χ2n) is 9.62. The van der Waals surface area contributed by atoms with E-state index in [0.29, 0.717) is 19.4 Å². The Hall–Kier alpha value is -3.28. The van der Waals surface area contributed by atoms with E-state index in [1.54, 1.807) is 0 Å². The van der Waals surface area contributed by atoms with Crippen LogP contribution in [0.3, 0.4) is 0 Å². The summed E-state index contributed by atoms with van der Waals surface area (Å²) in [6.45, 7) is 6.44. The van der Waals surface area contributed by atoms with Gasteiger partial charge in [-0.15, -0.1) is 0 Å². The lowest BCUT2D eigenvalue weighted by molar-refractivity contribution is -0.117. The minimum Gasteiger partial charge on any atom is -0.307 e. The van der Waals surface area contributed by atoms with Crippen LogP contribution in [0, 0.1) is 0 Å². The standard InChI is InChI=1S/C29H29N3O2/c33-27(10-11-30-12-14-31(15-13-30)19-21-6-2-1-3-7-21)23-16-24-18-28(34)32-20-22-8-4-5-9-25(22)26(17-23)29(24)32/h1-9,16-17H,10-15,18-20H2. The molecule has 3 aliphatic rings. The van der Waals surface area contributed by atoms with Gasteiger partial charge in [0.1, 0.15) is 0 Å². The molecule has 0 aromatic heterocycles. The summed E-state index contributed by atoms with van der Waals surface area (Å²) in [4.78, 5) is 32.6. The van der Waals surface area contributed by atoms with E-state index in [2.05, 4.69) is 52.3 Å². The molecule has 1 saturated heterocycles. The largest absolute Gasteiger partial charge is 0.307 e. The highest BCUT2D eigenvalue weighted by Crippen LogP contribution is 2.45. The SMILES string of the molecule is O=C(CCN1CCN(Cc2ccccc2)CC1)c1cc2c3c(c1)-c1ccccc1CN3C(=O)C2. The molecule has 0 N–H and O–H groups in total. The molecule has 0 bridgehead atoms. The van der Waals surface area contributed by atoms with Gasteiger partial charge in [-0.2, -0.15) is 0 Å². The van der Waals surface area contributed by atoms with Gasteiger partial charge < -0.3 is 9.80 Å². The summed E-state index contributed by atoms with van der Waals surface area (Å²) >= 11 is 0. The Balaban J connectivity index is 1.12. The van der Waals surface area contributed by atoms with Crippen LogP contribution in [0.4, 0.5) is 5.69 Å². The first-order valence-electron chi connectivity index (χ1n) is 12.2. The second kappa shape index (κ2) is 8.82. The van der Waals surface area contributed by atoms with Crippen molar-refractivity contribution in [1.29, 1.82) is 0 Å². The smallest absolute Gasteiger partial charge is 0.231 e. The van der Waals surface area contributed by atoms with Crippen molar-refractivity contribution in [3.63, 3.8) is 0 Å². The van der Waals surface area contributed by atoms with Gasteiger partial charge in [-0.25, -0.2) is 0 Å². The molecule has 0 saturated carbocycles. The fraction of sp³-hybridized carbons (Fsp3) is 0.310. The molecule has 34 heavy (non-hydrogen) atoms. The minimum atomic E-state index is 0.128. The van der Waals surface area contributed by atoms with Gasteiger partial charge in [-0.05, 0) is 34.4 Å². The molecular weight excluding hydrogens is 422 g/mol. The van der Waals surface area contributed by atoms with Crippen molar-refractivity contribution in [2.75, 3.05) is 37.6 Å². The highest BCUT2D eigenvalue weighted by molar-refractivity contribution is 6.10. The predicted octanol–water partition coefficient (Wildman–Crippen LogP) is 4.15. The zero-order valence-electron chi connectivity index (χ0n) is 19.4. The molecule has 0 atom stereocenters. The fourth-order valence-electron chi connectivity index (χ4n) is 5.57. The number of piperazine rings is 1. The number of ketones is 1. The van der Waals surface area contributed by atoms with Crippen LogP contribution in [-0.2, 0) is 24.3 Å². The van der Waals surface area contributed by atoms with Gasteiger partial charge >= 0.3 is 0 Å². The fourth-order valence-corrected chi connectivity index (χ4v) is 5.57. The molecular formula is C29H29N3O2. The van der Waals surface area contributed by atoms with Crippen LogP contribution in [0.25, 0.3) is 11.1 Å². The number of hydrogen-bond acceptors (Lipinski definition) is 4. The van der Waals surface area contributed by atoms with Crippen molar-refractivity contribution in [2.24, 2.45) is 0 Å². The summed E-state index contributed by atoms with van der Waals surface area (Å²) in [5.41, 5.74) is 7.42. The van der Waals surface area contributed by atoms with Crippen LogP contribution < -0.4 is 4.90 Å². The molecule has 0 spiro atoms. The molecule has 1 amide bonds. The van der Waals surface area contributed by atoms with E-state index >= 15 is 0 Å². The monoisotopic (exact) mass is 451 g/mol. The molecule has 6 rings (SSSR count). The Bertz CT molecular complexity index is 1250. The average Bonchev–Trinajstić information content (AvgIpc) is 3.19.